The van der Waals surface area contributed by atoms with E-state index < -0.39 is 0 Å². The first kappa shape index (κ1) is 16.0. The first-order chi connectivity index (χ1) is 12.7. The molecule has 2 aromatic heterocycles. The van der Waals surface area contributed by atoms with E-state index >= 15 is 0 Å². The zero-order valence-electron chi connectivity index (χ0n) is 14.3. The molecule has 0 aliphatic carbocycles. The number of aromatic amines is 1. The molecular formula is C19H18N6O. The van der Waals surface area contributed by atoms with Gasteiger partial charge in [-0.15, -0.1) is 5.10 Å². The first-order valence-electron chi connectivity index (χ1n) is 8.38. The van der Waals surface area contributed by atoms with Crippen molar-refractivity contribution in [1.29, 1.82) is 0 Å². The van der Waals surface area contributed by atoms with Crippen molar-refractivity contribution >= 4 is 22.5 Å². The van der Waals surface area contributed by atoms with Crippen LogP contribution in [0, 0.1) is 0 Å². The van der Waals surface area contributed by atoms with Crippen molar-refractivity contribution in [3.8, 4) is 11.4 Å². The molecule has 130 valence electrons. The van der Waals surface area contributed by atoms with E-state index in [9.17, 15) is 4.79 Å². The summed E-state index contributed by atoms with van der Waals surface area (Å²) >= 11 is 0. The van der Waals surface area contributed by atoms with Crippen LogP contribution < -0.4 is 5.32 Å². The quantitative estimate of drug-likeness (QED) is 0.581. The Hall–Kier alpha value is -3.48. The zero-order valence-corrected chi connectivity index (χ0v) is 14.3. The minimum atomic E-state index is -0.0245. The van der Waals surface area contributed by atoms with E-state index in [0.29, 0.717) is 18.7 Å². The van der Waals surface area contributed by atoms with Crippen LogP contribution >= 0.6 is 0 Å². The van der Waals surface area contributed by atoms with Gasteiger partial charge in [0.05, 0.1) is 0 Å². The summed E-state index contributed by atoms with van der Waals surface area (Å²) < 4.78 is 1.60. The van der Waals surface area contributed by atoms with Crippen molar-refractivity contribution < 1.29 is 4.79 Å². The summed E-state index contributed by atoms with van der Waals surface area (Å²) in [5, 5.41) is 15.6. The maximum absolute atomic E-state index is 12.3. The van der Waals surface area contributed by atoms with Gasteiger partial charge in [-0.1, -0.05) is 30.3 Å². The standard InChI is InChI=1S/C19H18N6O/c1-25-19(22-23-24-25)13-5-4-6-15(11-13)21-18(26)10-9-14-12-20-17-8-3-2-7-16(14)17/h2-8,11-12,20H,9-10H2,1H3,(H,21,26). The SMILES string of the molecule is Cn1nnnc1-c1cccc(NC(=O)CCc2c[nH]c3ccccc23)c1. The van der Waals surface area contributed by atoms with Crippen LogP contribution in [0.3, 0.4) is 0 Å². The number of anilines is 1. The fourth-order valence-electron chi connectivity index (χ4n) is 3.02. The van der Waals surface area contributed by atoms with Gasteiger partial charge in [0, 0.05) is 41.8 Å². The number of amides is 1. The van der Waals surface area contributed by atoms with Crippen molar-refractivity contribution in [2.45, 2.75) is 12.8 Å². The van der Waals surface area contributed by atoms with Gasteiger partial charge in [0.2, 0.25) is 5.91 Å². The summed E-state index contributed by atoms with van der Waals surface area (Å²) in [5.41, 5.74) is 3.82. The minimum Gasteiger partial charge on any atom is -0.361 e. The third-order valence-corrected chi connectivity index (χ3v) is 4.32. The van der Waals surface area contributed by atoms with Crippen LogP contribution in [0.1, 0.15) is 12.0 Å². The number of para-hydroxylation sites is 1. The summed E-state index contributed by atoms with van der Waals surface area (Å²) in [6.07, 6.45) is 3.07. The third-order valence-electron chi connectivity index (χ3n) is 4.32. The highest BCUT2D eigenvalue weighted by Gasteiger charge is 2.09. The Kier molecular flexibility index (Phi) is 4.18. The molecule has 7 nitrogen and oxygen atoms in total. The van der Waals surface area contributed by atoms with E-state index in [1.807, 2.05) is 48.7 Å². The lowest BCUT2D eigenvalue weighted by atomic mass is 10.1. The van der Waals surface area contributed by atoms with Crippen molar-refractivity contribution in [2.24, 2.45) is 7.05 Å². The fourth-order valence-corrected chi connectivity index (χ4v) is 3.02. The lowest BCUT2D eigenvalue weighted by Gasteiger charge is -2.07. The molecule has 1 amide bonds. The zero-order chi connectivity index (χ0) is 17.9. The van der Waals surface area contributed by atoms with Gasteiger partial charge < -0.3 is 10.3 Å². The summed E-state index contributed by atoms with van der Waals surface area (Å²) in [4.78, 5) is 15.6. The first-order valence-corrected chi connectivity index (χ1v) is 8.38. The number of aryl methyl sites for hydroxylation is 2. The molecule has 0 spiro atoms. The number of hydrogen-bond acceptors (Lipinski definition) is 4. The van der Waals surface area contributed by atoms with Crippen molar-refractivity contribution in [3.05, 3.63) is 60.3 Å². The summed E-state index contributed by atoms with van der Waals surface area (Å²) in [7, 11) is 1.78. The Morgan fingerprint density at radius 2 is 2.08 bits per heavy atom. The molecule has 0 radical (unpaired) electrons. The van der Waals surface area contributed by atoms with Crippen LogP contribution in [-0.2, 0) is 18.3 Å². The third kappa shape index (κ3) is 3.19. The van der Waals surface area contributed by atoms with Crippen LogP contribution in [0.15, 0.2) is 54.7 Å². The number of carbonyl (C=O) groups excluding carboxylic acids is 1. The van der Waals surface area contributed by atoms with Gasteiger partial charge in [0.25, 0.3) is 0 Å². The lowest BCUT2D eigenvalue weighted by Crippen LogP contribution is -2.12. The fraction of sp³-hybridized carbons (Fsp3) is 0.158. The summed E-state index contributed by atoms with van der Waals surface area (Å²) in [5.74, 6) is 0.628. The topological polar surface area (TPSA) is 88.5 Å². The van der Waals surface area contributed by atoms with Crippen LogP contribution in [0.5, 0.6) is 0 Å². The molecule has 0 fully saturated rings. The van der Waals surface area contributed by atoms with Gasteiger partial charge in [0.1, 0.15) is 0 Å². The normalized spacial score (nSPS) is 11.0. The molecule has 0 aliphatic heterocycles. The number of aromatic nitrogens is 5. The largest absolute Gasteiger partial charge is 0.361 e. The second-order valence-electron chi connectivity index (χ2n) is 6.11. The number of benzene rings is 2. The number of rotatable bonds is 5. The van der Waals surface area contributed by atoms with Crippen molar-refractivity contribution in [3.63, 3.8) is 0 Å². The molecule has 0 saturated heterocycles. The molecule has 4 aromatic rings. The molecule has 0 unspecified atom stereocenters. The number of nitrogens with one attached hydrogen (secondary N) is 2. The van der Waals surface area contributed by atoms with Crippen LogP contribution in [0.4, 0.5) is 5.69 Å². The second kappa shape index (κ2) is 6.79. The Bertz CT molecular complexity index is 1060. The number of H-pyrrole nitrogens is 1. The maximum Gasteiger partial charge on any atom is 0.224 e. The van der Waals surface area contributed by atoms with E-state index in [1.54, 1.807) is 11.7 Å². The Labute approximate surface area is 150 Å². The predicted octanol–water partition coefficient (Wildman–Crippen LogP) is 2.93. The van der Waals surface area contributed by atoms with E-state index in [2.05, 4.69) is 31.9 Å². The summed E-state index contributed by atoms with van der Waals surface area (Å²) in [6.45, 7) is 0. The monoisotopic (exact) mass is 346 g/mol. The molecule has 2 aromatic carbocycles. The predicted molar refractivity (Wildman–Crippen MR) is 99.5 cm³/mol. The number of hydrogen-bond donors (Lipinski definition) is 2. The molecule has 4 rings (SSSR count). The van der Waals surface area contributed by atoms with Crippen molar-refractivity contribution in [2.75, 3.05) is 5.32 Å². The Morgan fingerprint density at radius 3 is 2.92 bits per heavy atom. The second-order valence-corrected chi connectivity index (χ2v) is 6.11. The summed E-state index contributed by atoms with van der Waals surface area (Å²) in [6, 6.07) is 15.6. The number of nitrogens with zero attached hydrogens (tertiary/aromatic N) is 4. The van der Waals surface area contributed by atoms with Gasteiger partial charge in [-0.3, -0.25) is 4.79 Å². The molecule has 0 bridgehead atoms. The van der Waals surface area contributed by atoms with Gasteiger partial charge in [0.15, 0.2) is 5.82 Å². The van der Waals surface area contributed by atoms with Gasteiger partial charge in [-0.2, -0.15) is 0 Å². The van der Waals surface area contributed by atoms with E-state index in [-0.39, 0.29) is 5.91 Å². The van der Waals surface area contributed by atoms with Gasteiger partial charge in [-0.25, -0.2) is 4.68 Å². The average Bonchev–Trinajstić information content (AvgIpc) is 3.26. The van der Waals surface area contributed by atoms with E-state index in [4.69, 9.17) is 0 Å². The molecule has 2 heterocycles. The van der Waals surface area contributed by atoms with Crippen LogP contribution in [0.25, 0.3) is 22.3 Å². The number of tetrazole rings is 1. The highest BCUT2D eigenvalue weighted by molar-refractivity contribution is 5.92. The molecule has 7 heteroatoms. The molecular weight excluding hydrogens is 328 g/mol. The maximum atomic E-state index is 12.3. The minimum absolute atomic E-state index is 0.0245. The number of fused-ring (bicyclic) bond motifs is 1. The molecule has 0 aliphatic rings. The Morgan fingerprint density at radius 1 is 1.19 bits per heavy atom. The molecule has 2 N–H and O–H groups in total. The lowest BCUT2D eigenvalue weighted by molar-refractivity contribution is -0.116. The Balaban J connectivity index is 1.43. The molecule has 26 heavy (non-hydrogen) atoms. The van der Waals surface area contributed by atoms with Crippen LogP contribution in [-0.4, -0.2) is 31.1 Å². The molecule has 0 atom stereocenters. The van der Waals surface area contributed by atoms with E-state index in [0.717, 1.165) is 27.7 Å². The van der Waals surface area contributed by atoms with Gasteiger partial charge in [-0.05, 0) is 40.6 Å². The highest BCUT2D eigenvalue weighted by atomic mass is 16.1. The highest BCUT2D eigenvalue weighted by Crippen LogP contribution is 2.21. The smallest absolute Gasteiger partial charge is 0.224 e. The average molecular weight is 346 g/mol. The molecule has 0 saturated carbocycles. The van der Waals surface area contributed by atoms with Gasteiger partial charge >= 0.3 is 0 Å². The number of carbonyl (C=O) groups is 1. The van der Waals surface area contributed by atoms with E-state index in [1.165, 1.54) is 0 Å². The van der Waals surface area contributed by atoms with Crippen LogP contribution in [0.2, 0.25) is 0 Å². The van der Waals surface area contributed by atoms with Crippen molar-refractivity contribution in [1.82, 2.24) is 25.2 Å².